The minimum absolute atomic E-state index is 0.0316. The Labute approximate surface area is 123 Å². The Morgan fingerprint density at radius 1 is 1.29 bits per heavy atom. The van der Waals surface area contributed by atoms with Crippen LogP contribution >= 0.6 is 11.8 Å². The van der Waals surface area contributed by atoms with Crippen molar-refractivity contribution in [1.29, 1.82) is 5.26 Å². The quantitative estimate of drug-likeness (QED) is 0.686. The molecule has 0 unspecified atom stereocenters. The highest BCUT2D eigenvalue weighted by Crippen LogP contribution is 2.33. The number of benzene rings is 2. The Hall–Kier alpha value is -2.85. The monoisotopic (exact) mass is 300 g/mol. The molecule has 0 saturated heterocycles. The van der Waals surface area contributed by atoms with E-state index in [9.17, 15) is 14.9 Å². The van der Waals surface area contributed by atoms with Crippen molar-refractivity contribution in [3.8, 4) is 6.07 Å². The third-order valence-electron chi connectivity index (χ3n) is 2.63. The van der Waals surface area contributed by atoms with Gasteiger partial charge in [-0.2, -0.15) is 5.26 Å². The molecule has 6 nitrogen and oxygen atoms in total. The maximum Gasteiger partial charge on any atom is 0.336 e. The average Bonchev–Trinajstić information content (AvgIpc) is 2.47. The summed E-state index contributed by atoms with van der Waals surface area (Å²) in [7, 11) is 0. The highest BCUT2D eigenvalue weighted by Gasteiger charge is 2.16. The maximum atomic E-state index is 11.1. The van der Waals surface area contributed by atoms with Crippen LogP contribution in [-0.2, 0) is 0 Å². The second-order valence-electron chi connectivity index (χ2n) is 3.95. The van der Waals surface area contributed by atoms with Crippen LogP contribution in [-0.4, -0.2) is 16.0 Å². The summed E-state index contributed by atoms with van der Waals surface area (Å²) >= 11 is 1.10. The van der Waals surface area contributed by atoms with Crippen LogP contribution in [0.3, 0.4) is 0 Å². The molecule has 0 radical (unpaired) electrons. The van der Waals surface area contributed by atoms with Crippen molar-refractivity contribution in [2.75, 3.05) is 0 Å². The lowest BCUT2D eigenvalue weighted by Crippen LogP contribution is -1.98. The van der Waals surface area contributed by atoms with Crippen LogP contribution in [0.4, 0.5) is 5.69 Å². The standard InChI is InChI=1S/C14H8N2O4S/c15-8-9-5-6-10(7-12(9)16(19)20)21-13-4-2-1-3-11(13)14(17)18/h1-7H,(H,17,18). The van der Waals surface area contributed by atoms with E-state index in [2.05, 4.69) is 0 Å². The molecule has 7 heteroatoms. The third kappa shape index (κ3) is 3.19. The lowest BCUT2D eigenvalue weighted by atomic mass is 10.2. The third-order valence-corrected chi connectivity index (χ3v) is 3.70. The van der Waals surface area contributed by atoms with E-state index in [1.54, 1.807) is 30.3 Å². The van der Waals surface area contributed by atoms with Gasteiger partial charge in [0.05, 0.1) is 10.5 Å². The Morgan fingerprint density at radius 3 is 2.62 bits per heavy atom. The lowest BCUT2D eigenvalue weighted by Gasteiger charge is -2.05. The van der Waals surface area contributed by atoms with E-state index in [0.29, 0.717) is 9.79 Å². The van der Waals surface area contributed by atoms with E-state index < -0.39 is 10.9 Å². The molecule has 0 spiro atoms. The summed E-state index contributed by atoms with van der Waals surface area (Å²) in [5.74, 6) is -1.07. The van der Waals surface area contributed by atoms with Gasteiger partial charge in [0.25, 0.3) is 5.69 Å². The molecule has 1 N–H and O–H groups in total. The molecule has 0 saturated carbocycles. The molecule has 2 aromatic carbocycles. The first-order valence-corrected chi connectivity index (χ1v) is 6.53. The van der Waals surface area contributed by atoms with Gasteiger partial charge in [0.1, 0.15) is 11.6 Å². The van der Waals surface area contributed by atoms with Crippen molar-refractivity contribution in [2.45, 2.75) is 9.79 Å². The maximum absolute atomic E-state index is 11.1. The SMILES string of the molecule is N#Cc1ccc(Sc2ccccc2C(=O)O)cc1[N+](=O)[O-]. The Kier molecular flexibility index (Phi) is 4.21. The summed E-state index contributed by atoms with van der Waals surface area (Å²) in [6, 6.07) is 12.3. The number of nitro benzene ring substituents is 1. The first-order valence-electron chi connectivity index (χ1n) is 5.71. The fourth-order valence-electron chi connectivity index (χ4n) is 1.68. The first kappa shape index (κ1) is 14.6. The van der Waals surface area contributed by atoms with Gasteiger partial charge < -0.3 is 5.11 Å². The predicted octanol–water partition coefficient (Wildman–Crippen LogP) is 3.32. The van der Waals surface area contributed by atoms with Crippen molar-refractivity contribution in [3.63, 3.8) is 0 Å². The highest BCUT2D eigenvalue weighted by atomic mass is 32.2. The molecule has 2 aromatic rings. The average molecular weight is 300 g/mol. The summed E-state index contributed by atoms with van der Waals surface area (Å²) in [6.07, 6.45) is 0. The molecule has 0 aliphatic heterocycles. The minimum atomic E-state index is -1.07. The number of hydrogen-bond donors (Lipinski definition) is 1. The van der Waals surface area contributed by atoms with Gasteiger partial charge in [-0.3, -0.25) is 10.1 Å². The number of carboxylic acid groups (broad SMARTS) is 1. The summed E-state index contributed by atoms with van der Waals surface area (Å²) in [4.78, 5) is 22.4. The second-order valence-corrected chi connectivity index (χ2v) is 5.07. The van der Waals surface area contributed by atoms with Crippen LogP contribution in [0.2, 0.25) is 0 Å². The molecule has 0 fully saturated rings. The van der Waals surface area contributed by atoms with Crippen molar-refractivity contribution >= 4 is 23.4 Å². The molecular formula is C14H8N2O4S. The van der Waals surface area contributed by atoms with E-state index in [4.69, 9.17) is 10.4 Å². The zero-order chi connectivity index (χ0) is 15.4. The highest BCUT2D eigenvalue weighted by molar-refractivity contribution is 7.99. The lowest BCUT2D eigenvalue weighted by molar-refractivity contribution is -0.385. The van der Waals surface area contributed by atoms with Crippen molar-refractivity contribution in [2.24, 2.45) is 0 Å². The molecule has 0 aromatic heterocycles. The number of aromatic carboxylic acids is 1. The zero-order valence-corrected chi connectivity index (χ0v) is 11.3. The number of hydrogen-bond acceptors (Lipinski definition) is 5. The van der Waals surface area contributed by atoms with Gasteiger partial charge in [-0.1, -0.05) is 23.9 Å². The number of rotatable bonds is 4. The fraction of sp³-hybridized carbons (Fsp3) is 0. The van der Waals surface area contributed by atoms with Gasteiger partial charge in [-0.25, -0.2) is 4.79 Å². The molecule has 0 amide bonds. The molecule has 0 heterocycles. The number of carboxylic acids is 1. The number of nitrogens with zero attached hydrogens (tertiary/aromatic N) is 2. The fourth-order valence-corrected chi connectivity index (χ4v) is 2.65. The zero-order valence-electron chi connectivity index (χ0n) is 10.5. The molecule has 21 heavy (non-hydrogen) atoms. The van der Waals surface area contributed by atoms with Crippen LogP contribution in [0.1, 0.15) is 15.9 Å². The summed E-state index contributed by atoms with van der Waals surface area (Å²) in [5.41, 5.74) is -0.208. The van der Waals surface area contributed by atoms with Crippen LogP contribution in [0.5, 0.6) is 0 Å². The predicted molar refractivity (Wildman–Crippen MR) is 75.3 cm³/mol. The van der Waals surface area contributed by atoms with E-state index in [-0.39, 0.29) is 16.8 Å². The summed E-state index contributed by atoms with van der Waals surface area (Å²) < 4.78 is 0. The number of nitriles is 1. The summed E-state index contributed by atoms with van der Waals surface area (Å²) in [6.45, 7) is 0. The molecule has 2 rings (SSSR count). The smallest absolute Gasteiger partial charge is 0.336 e. The van der Waals surface area contributed by atoms with E-state index in [0.717, 1.165) is 11.8 Å². The van der Waals surface area contributed by atoms with Crippen LogP contribution in [0.15, 0.2) is 52.3 Å². The van der Waals surface area contributed by atoms with Gasteiger partial charge in [0.15, 0.2) is 0 Å². The molecule has 0 aliphatic carbocycles. The second kappa shape index (κ2) is 6.07. The summed E-state index contributed by atoms with van der Waals surface area (Å²) in [5, 5.41) is 28.8. The largest absolute Gasteiger partial charge is 0.478 e. The van der Waals surface area contributed by atoms with E-state index >= 15 is 0 Å². The van der Waals surface area contributed by atoms with Crippen molar-refractivity contribution in [1.82, 2.24) is 0 Å². The van der Waals surface area contributed by atoms with Gasteiger partial charge >= 0.3 is 5.97 Å². The molecular weight excluding hydrogens is 292 g/mol. The van der Waals surface area contributed by atoms with Crippen molar-refractivity contribution in [3.05, 3.63) is 63.7 Å². The Balaban J connectivity index is 2.42. The van der Waals surface area contributed by atoms with Gasteiger partial charge in [0.2, 0.25) is 0 Å². The van der Waals surface area contributed by atoms with Crippen molar-refractivity contribution < 1.29 is 14.8 Å². The number of carbonyl (C=O) groups is 1. The topological polar surface area (TPSA) is 104 Å². The normalized spacial score (nSPS) is 9.86. The molecule has 104 valence electrons. The van der Waals surface area contributed by atoms with Crippen LogP contribution < -0.4 is 0 Å². The van der Waals surface area contributed by atoms with Crippen LogP contribution in [0, 0.1) is 21.4 Å². The van der Waals surface area contributed by atoms with Gasteiger partial charge in [-0.15, -0.1) is 0 Å². The minimum Gasteiger partial charge on any atom is -0.478 e. The molecule has 0 aliphatic rings. The number of nitro groups is 1. The first-order chi connectivity index (χ1) is 10.0. The molecule has 0 atom stereocenters. The molecule has 0 bridgehead atoms. The van der Waals surface area contributed by atoms with Gasteiger partial charge in [-0.05, 0) is 24.3 Å². The Morgan fingerprint density at radius 2 is 2.00 bits per heavy atom. The van der Waals surface area contributed by atoms with Crippen LogP contribution in [0.25, 0.3) is 0 Å². The van der Waals surface area contributed by atoms with E-state index in [1.807, 2.05) is 0 Å². The van der Waals surface area contributed by atoms with Gasteiger partial charge in [0, 0.05) is 15.9 Å². The Bertz CT molecular complexity index is 768. The van der Waals surface area contributed by atoms with E-state index in [1.165, 1.54) is 18.2 Å².